The van der Waals surface area contributed by atoms with Gasteiger partial charge in [0.2, 0.25) is 0 Å². The minimum Gasteiger partial charge on any atom is -0.332 e. The van der Waals surface area contributed by atoms with Crippen molar-refractivity contribution in [1.82, 2.24) is 0 Å². The normalized spacial score (nSPS) is 9.50. The van der Waals surface area contributed by atoms with Crippen LogP contribution in [0.2, 0.25) is 0 Å². The van der Waals surface area contributed by atoms with E-state index in [-0.39, 0.29) is 0 Å². The highest BCUT2D eigenvalue weighted by Crippen LogP contribution is 1.96. The Morgan fingerprint density at radius 1 is 1.30 bits per heavy atom. The molecule has 0 heterocycles. The van der Waals surface area contributed by atoms with E-state index in [0.717, 1.165) is 12.8 Å². The van der Waals surface area contributed by atoms with Crippen LogP contribution in [0.4, 0.5) is 0 Å². The van der Waals surface area contributed by atoms with Gasteiger partial charge in [0.1, 0.15) is 0 Å². The highest BCUT2D eigenvalue weighted by molar-refractivity contribution is 7.17. The van der Waals surface area contributed by atoms with Gasteiger partial charge in [0.15, 0.2) is 8.69 Å². The van der Waals surface area contributed by atoms with Crippen molar-refractivity contribution in [3.8, 4) is 0 Å². The Kier molecular flexibility index (Phi) is 20.6. The molecule has 2 nitrogen and oxygen atoms in total. The highest BCUT2D eigenvalue weighted by Gasteiger charge is 1.77. The second-order valence-electron chi connectivity index (χ2n) is 2.03. The first-order chi connectivity index (χ1) is 4.83. The Hall–Kier alpha value is 0.190. The third-order valence-electron chi connectivity index (χ3n) is 0.684. The fourth-order valence-corrected chi connectivity index (χ4v) is 0.539. The quantitative estimate of drug-likeness (QED) is 0.474. The second kappa shape index (κ2) is 16.1. The summed E-state index contributed by atoms with van der Waals surface area (Å²) in [7, 11) is -0.969. The van der Waals surface area contributed by atoms with Crippen molar-refractivity contribution in [1.29, 1.82) is 0 Å². The molecule has 0 N–H and O–H groups in total. The van der Waals surface area contributed by atoms with E-state index in [1.165, 1.54) is 6.42 Å². The van der Waals surface area contributed by atoms with E-state index in [2.05, 4.69) is 25.3 Å². The van der Waals surface area contributed by atoms with Gasteiger partial charge in [-0.05, 0) is 6.42 Å². The average molecular weight is 166 g/mol. The number of hydrogen-bond acceptors (Lipinski definition) is 2. The molecule has 64 valence electrons. The summed E-state index contributed by atoms with van der Waals surface area (Å²) in [6.07, 6.45) is 3.38. The summed E-state index contributed by atoms with van der Waals surface area (Å²) in [5, 5.41) is 0. The summed E-state index contributed by atoms with van der Waals surface area (Å²) in [6.45, 7) is 6.98. The predicted molar refractivity (Wildman–Crippen MR) is 47.2 cm³/mol. The third kappa shape index (κ3) is 24.1. The van der Waals surface area contributed by atoms with E-state index >= 15 is 0 Å². The standard InChI is InChI=1S/C4H11O2P.C3H8/c1-2-3-4-6-7-5;1-3-2/h2-4,7H2,1H3;3H2,1-2H3. The van der Waals surface area contributed by atoms with Crippen LogP contribution in [0.15, 0.2) is 0 Å². The minimum atomic E-state index is -0.969. The summed E-state index contributed by atoms with van der Waals surface area (Å²) in [4.78, 5) is 0. The van der Waals surface area contributed by atoms with E-state index in [4.69, 9.17) is 0 Å². The summed E-state index contributed by atoms with van der Waals surface area (Å²) >= 11 is 0. The summed E-state index contributed by atoms with van der Waals surface area (Å²) in [6, 6.07) is 0. The van der Waals surface area contributed by atoms with E-state index in [1.807, 2.05) is 0 Å². The van der Waals surface area contributed by atoms with Crippen molar-refractivity contribution >= 4 is 8.69 Å². The molecule has 0 bridgehead atoms. The maximum atomic E-state index is 9.67. The molecule has 0 saturated carbocycles. The van der Waals surface area contributed by atoms with Gasteiger partial charge in [-0.2, -0.15) is 0 Å². The van der Waals surface area contributed by atoms with Gasteiger partial charge in [0.25, 0.3) is 0 Å². The number of rotatable bonds is 4. The summed E-state index contributed by atoms with van der Waals surface area (Å²) in [5.41, 5.74) is 0. The molecule has 0 aromatic heterocycles. The van der Waals surface area contributed by atoms with Gasteiger partial charge in [0.05, 0.1) is 6.61 Å². The van der Waals surface area contributed by atoms with Crippen LogP contribution in [0.25, 0.3) is 0 Å². The van der Waals surface area contributed by atoms with E-state index in [1.54, 1.807) is 0 Å². The lowest BCUT2D eigenvalue weighted by Gasteiger charge is -1.89. The molecule has 0 fully saturated rings. The Labute approximate surface area is 65.3 Å². The first-order valence-corrected chi connectivity index (χ1v) is 4.82. The zero-order chi connectivity index (χ0) is 8.24. The van der Waals surface area contributed by atoms with Crippen molar-refractivity contribution in [2.75, 3.05) is 6.61 Å². The van der Waals surface area contributed by atoms with Crippen LogP contribution in [0.1, 0.15) is 40.0 Å². The van der Waals surface area contributed by atoms with Crippen molar-refractivity contribution < 1.29 is 9.09 Å². The molecule has 0 amide bonds. The Balaban J connectivity index is 0. The molecule has 0 aromatic rings. The topological polar surface area (TPSA) is 26.3 Å². The van der Waals surface area contributed by atoms with Crippen LogP contribution >= 0.6 is 8.69 Å². The number of hydrogen-bond donors (Lipinski definition) is 0. The molecule has 1 unspecified atom stereocenters. The molecule has 0 aliphatic rings. The SMILES string of the molecule is CCC.CCCCO[PH2]=O. The van der Waals surface area contributed by atoms with Crippen molar-refractivity contribution in [3.63, 3.8) is 0 Å². The lowest BCUT2D eigenvalue weighted by molar-refractivity contribution is 0.334. The molecule has 3 heteroatoms. The predicted octanol–water partition coefficient (Wildman–Crippen LogP) is 2.89. The van der Waals surface area contributed by atoms with E-state index in [0.29, 0.717) is 6.61 Å². The molecule has 0 aromatic carbocycles. The van der Waals surface area contributed by atoms with Crippen molar-refractivity contribution in [3.05, 3.63) is 0 Å². The number of unbranched alkanes of at least 4 members (excludes halogenated alkanes) is 1. The summed E-state index contributed by atoms with van der Waals surface area (Å²) in [5.74, 6) is 0. The fourth-order valence-electron chi connectivity index (χ4n) is 0.276. The molecule has 0 spiro atoms. The van der Waals surface area contributed by atoms with Crippen molar-refractivity contribution in [2.45, 2.75) is 40.0 Å². The van der Waals surface area contributed by atoms with Gasteiger partial charge in [-0.15, -0.1) is 0 Å². The van der Waals surface area contributed by atoms with Gasteiger partial charge in [-0.1, -0.05) is 33.6 Å². The molecule has 0 saturated heterocycles. The average Bonchev–Trinajstić information content (AvgIpc) is 1.91. The molecular formula is C7H19O2P. The molecule has 1 atom stereocenters. The Morgan fingerprint density at radius 3 is 2.10 bits per heavy atom. The lowest BCUT2D eigenvalue weighted by Crippen LogP contribution is -1.79. The third-order valence-corrected chi connectivity index (χ3v) is 1.06. The second-order valence-corrected chi connectivity index (χ2v) is 2.55. The first kappa shape index (κ1) is 12.8. The van der Waals surface area contributed by atoms with Gasteiger partial charge in [-0.3, -0.25) is 4.57 Å². The highest BCUT2D eigenvalue weighted by atomic mass is 31.1. The van der Waals surface area contributed by atoms with Gasteiger partial charge < -0.3 is 4.52 Å². The molecule has 0 aliphatic heterocycles. The molecule has 0 rings (SSSR count). The van der Waals surface area contributed by atoms with Crippen LogP contribution in [-0.4, -0.2) is 6.61 Å². The monoisotopic (exact) mass is 166 g/mol. The molecular weight excluding hydrogens is 147 g/mol. The van der Waals surface area contributed by atoms with Crippen LogP contribution < -0.4 is 0 Å². The smallest absolute Gasteiger partial charge is 0.179 e. The van der Waals surface area contributed by atoms with E-state index < -0.39 is 8.69 Å². The van der Waals surface area contributed by atoms with Gasteiger partial charge in [-0.25, -0.2) is 0 Å². The molecule has 0 radical (unpaired) electrons. The van der Waals surface area contributed by atoms with Crippen LogP contribution in [-0.2, 0) is 9.09 Å². The maximum Gasteiger partial charge on any atom is 0.179 e. The van der Waals surface area contributed by atoms with Crippen LogP contribution in [0.3, 0.4) is 0 Å². The van der Waals surface area contributed by atoms with E-state index in [9.17, 15) is 4.57 Å². The largest absolute Gasteiger partial charge is 0.332 e. The zero-order valence-electron chi connectivity index (χ0n) is 7.22. The fraction of sp³-hybridized carbons (Fsp3) is 1.00. The molecule has 0 aliphatic carbocycles. The lowest BCUT2D eigenvalue weighted by atomic mass is 10.4. The molecule has 10 heavy (non-hydrogen) atoms. The van der Waals surface area contributed by atoms with Crippen molar-refractivity contribution in [2.24, 2.45) is 0 Å². The van der Waals surface area contributed by atoms with Gasteiger partial charge >= 0.3 is 0 Å². The maximum absolute atomic E-state index is 9.67. The Morgan fingerprint density at radius 2 is 1.80 bits per heavy atom. The zero-order valence-corrected chi connectivity index (χ0v) is 8.38. The summed E-state index contributed by atoms with van der Waals surface area (Å²) < 4.78 is 14.3. The van der Waals surface area contributed by atoms with Gasteiger partial charge in [0, 0.05) is 0 Å². The first-order valence-electron chi connectivity index (χ1n) is 3.88. The van der Waals surface area contributed by atoms with Crippen LogP contribution in [0, 0.1) is 0 Å². The minimum absolute atomic E-state index is 0.662. The van der Waals surface area contributed by atoms with Crippen LogP contribution in [0.5, 0.6) is 0 Å². The Bertz CT molecular complexity index is 57.6.